The summed E-state index contributed by atoms with van der Waals surface area (Å²) in [4.78, 5) is 0. The van der Waals surface area contributed by atoms with Crippen LogP contribution in [0.4, 0.5) is 17.6 Å². The largest absolute Gasteiger partial charge is 0.460 e. The second-order valence-corrected chi connectivity index (χ2v) is 5.57. The first-order chi connectivity index (χ1) is 11.9. The molecule has 3 aromatic rings. The van der Waals surface area contributed by atoms with Crippen molar-refractivity contribution in [2.75, 3.05) is 0 Å². The van der Waals surface area contributed by atoms with E-state index in [0.29, 0.717) is 23.6 Å². The minimum Gasteiger partial charge on any atom is -0.460 e. The van der Waals surface area contributed by atoms with Gasteiger partial charge >= 0.3 is 6.18 Å². The summed E-state index contributed by atoms with van der Waals surface area (Å²) in [6.07, 6.45) is -4.35. The van der Waals surface area contributed by atoms with E-state index in [1.807, 2.05) is 0 Å². The summed E-state index contributed by atoms with van der Waals surface area (Å²) in [5.41, 5.74) is 0.633. The monoisotopic (exact) mass is 349 g/mol. The highest BCUT2D eigenvalue weighted by Gasteiger charge is 2.30. The van der Waals surface area contributed by atoms with Gasteiger partial charge in [0.05, 0.1) is 12.1 Å². The van der Waals surface area contributed by atoms with E-state index >= 15 is 0 Å². The zero-order chi connectivity index (χ0) is 17.9. The predicted octanol–water partition coefficient (Wildman–Crippen LogP) is 5.39. The molecule has 0 unspecified atom stereocenters. The Labute approximate surface area is 142 Å². The van der Waals surface area contributed by atoms with E-state index in [9.17, 15) is 17.6 Å². The smallest absolute Gasteiger partial charge is 0.416 e. The quantitative estimate of drug-likeness (QED) is 0.625. The van der Waals surface area contributed by atoms with Crippen LogP contribution in [0.5, 0.6) is 0 Å². The lowest BCUT2D eigenvalue weighted by atomic mass is 10.1. The summed E-state index contributed by atoms with van der Waals surface area (Å²) < 4.78 is 56.6. The maximum Gasteiger partial charge on any atom is 0.416 e. The van der Waals surface area contributed by atoms with E-state index in [1.165, 1.54) is 18.2 Å². The highest BCUT2D eigenvalue weighted by Crippen LogP contribution is 2.29. The number of halogens is 4. The van der Waals surface area contributed by atoms with Crippen LogP contribution in [0, 0.1) is 5.82 Å². The van der Waals surface area contributed by atoms with Crippen molar-refractivity contribution in [3.05, 3.63) is 83.4 Å². The second-order valence-electron chi connectivity index (χ2n) is 5.57. The average molecular weight is 349 g/mol. The Hall–Kier alpha value is -2.60. The van der Waals surface area contributed by atoms with Gasteiger partial charge in [0.1, 0.15) is 17.3 Å². The van der Waals surface area contributed by atoms with E-state index in [2.05, 4.69) is 5.32 Å². The molecule has 0 atom stereocenters. The van der Waals surface area contributed by atoms with Crippen molar-refractivity contribution in [2.24, 2.45) is 0 Å². The van der Waals surface area contributed by atoms with Crippen molar-refractivity contribution < 1.29 is 22.0 Å². The lowest BCUT2D eigenvalue weighted by Gasteiger charge is -2.09. The summed E-state index contributed by atoms with van der Waals surface area (Å²) in [5.74, 6) is 0.931. The lowest BCUT2D eigenvalue weighted by molar-refractivity contribution is -0.137. The minimum atomic E-state index is -4.35. The van der Waals surface area contributed by atoms with Crippen molar-refractivity contribution in [1.82, 2.24) is 5.32 Å². The van der Waals surface area contributed by atoms with Crippen LogP contribution in [-0.2, 0) is 19.3 Å². The van der Waals surface area contributed by atoms with Gasteiger partial charge in [-0.3, -0.25) is 0 Å². The summed E-state index contributed by atoms with van der Waals surface area (Å²) in [5, 5.41) is 3.05. The molecule has 1 heterocycles. The maximum absolute atomic E-state index is 12.9. The van der Waals surface area contributed by atoms with Crippen molar-refractivity contribution in [2.45, 2.75) is 19.3 Å². The number of alkyl halides is 3. The third kappa shape index (κ3) is 4.48. The van der Waals surface area contributed by atoms with E-state index in [0.717, 1.165) is 17.7 Å². The summed E-state index contributed by atoms with van der Waals surface area (Å²) in [6.45, 7) is 0.661. The molecule has 0 saturated carbocycles. The van der Waals surface area contributed by atoms with Crippen LogP contribution < -0.4 is 5.32 Å². The van der Waals surface area contributed by atoms with E-state index in [1.54, 1.807) is 30.3 Å². The zero-order valence-electron chi connectivity index (χ0n) is 13.1. The van der Waals surface area contributed by atoms with Crippen molar-refractivity contribution in [1.29, 1.82) is 0 Å². The minimum absolute atomic E-state index is 0.288. The Kier molecular flexibility index (Phi) is 4.90. The topological polar surface area (TPSA) is 25.2 Å². The summed E-state index contributed by atoms with van der Waals surface area (Å²) in [6, 6.07) is 14.7. The van der Waals surface area contributed by atoms with Crippen molar-refractivity contribution >= 4 is 0 Å². The van der Waals surface area contributed by atoms with Gasteiger partial charge in [-0.1, -0.05) is 18.2 Å². The summed E-state index contributed by atoms with van der Waals surface area (Å²) in [7, 11) is 0. The van der Waals surface area contributed by atoms with Crippen molar-refractivity contribution in [3.63, 3.8) is 0 Å². The van der Waals surface area contributed by atoms with Crippen LogP contribution >= 0.6 is 0 Å². The predicted molar refractivity (Wildman–Crippen MR) is 86.1 cm³/mol. The molecular weight excluding hydrogens is 334 g/mol. The van der Waals surface area contributed by atoms with Gasteiger partial charge in [-0.25, -0.2) is 4.39 Å². The maximum atomic E-state index is 12.9. The molecule has 3 rings (SSSR count). The van der Waals surface area contributed by atoms with Crippen LogP contribution in [0.1, 0.15) is 16.9 Å². The first-order valence-electron chi connectivity index (χ1n) is 7.63. The van der Waals surface area contributed by atoms with Gasteiger partial charge < -0.3 is 9.73 Å². The van der Waals surface area contributed by atoms with Crippen LogP contribution in [0.15, 0.2) is 65.1 Å². The van der Waals surface area contributed by atoms with Crippen LogP contribution in [-0.4, -0.2) is 0 Å². The molecule has 0 saturated heterocycles. The number of rotatable bonds is 5. The van der Waals surface area contributed by atoms with Crippen LogP contribution in [0.2, 0.25) is 0 Å². The zero-order valence-corrected chi connectivity index (χ0v) is 13.1. The van der Waals surface area contributed by atoms with Gasteiger partial charge in [0.25, 0.3) is 0 Å². The normalized spacial score (nSPS) is 11.7. The molecule has 0 aliphatic rings. The molecule has 2 aromatic carbocycles. The molecule has 1 N–H and O–H groups in total. The Balaban J connectivity index is 1.59. The first-order valence-corrected chi connectivity index (χ1v) is 7.63. The molecule has 2 nitrogen and oxygen atoms in total. The SMILES string of the molecule is Fc1ccc(-c2ccc(CNCc3cccc(C(F)(F)F)c3)o2)cc1. The van der Waals surface area contributed by atoms with Crippen LogP contribution in [0.25, 0.3) is 11.3 Å². The van der Waals surface area contributed by atoms with E-state index in [4.69, 9.17) is 4.42 Å². The molecular formula is C19H15F4NO. The third-order valence-electron chi connectivity index (χ3n) is 3.67. The second kappa shape index (κ2) is 7.11. The molecule has 25 heavy (non-hydrogen) atoms. The number of hydrogen-bond acceptors (Lipinski definition) is 2. The van der Waals surface area contributed by atoms with Crippen LogP contribution in [0.3, 0.4) is 0 Å². The van der Waals surface area contributed by atoms with Gasteiger partial charge in [0.15, 0.2) is 0 Å². The fourth-order valence-electron chi connectivity index (χ4n) is 2.43. The fraction of sp³-hybridized carbons (Fsp3) is 0.158. The molecule has 0 fully saturated rings. The van der Waals surface area contributed by atoms with Gasteiger partial charge in [-0.2, -0.15) is 13.2 Å². The molecule has 0 spiro atoms. The lowest BCUT2D eigenvalue weighted by Crippen LogP contribution is -2.13. The molecule has 0 aliphatic carbocycles. The Morgan fingerprint density at radius 3 is 2.36 bits per heavy atom. The Morgan fingerprint density at radius 2 is 1.64 bits per heavy atom. The molecule has 1 aromatic heterocycles. The van der Waals surface area contributed by atoms with Gasteiger partial charge in [0, 0.05) is 12.1 Å². The van der Waals surface area contributed by atoms with E-state index < -0.39 is 11.7 Å². The summed E-state index contributed by atoms with van der Waals surface area (Å²) >= 11 is 0. The van der Waals surface area contributed by atoms with Crippen molar-refractivity contribution in [3.8, 4) is 11.3 Å². The molecule has 0 bridgehead atoms. The Bertz CT molecular complexity index is 837. The van der Waals surface area contributed by atoms with Gasteiger partial charge in [-0.05, 0) is 48.0 Å². The van der Waals surface area contributed by atoms with Gasteiger partial charge in [0.2, 0.25) is 0 Å². The fourth-order valence-corrected chi connectivity index (χ4v) is 2.43. The molecule has 0 aliphatic heterocycles. The highest BCUT2D eigenvalue weighted by molar-refractivity contribution is 5.57. The standard InChI is InChI=1S/C19H15F4NO/c20-16-6-4-14(5-7-16)18-9-8-17(25-18)12-24-11-13-2-1-3-15(10-13)19(21,22)23/h1-10,24H,11-12H2. The first kappa shape index (κ1) is 17.2. The van der Waals surface area contributed by atoms with E-state index in [-0.39, 0.29) is 12.4 Å². The number of hydrogen-bond donors (Lipinski definition) is 1. The highest BCUT2D eigenvalue weighted by atomic mass is 19.4. The third-order valence-corrected chi connectivity index (χ3v) is 3.67. The Morgan fingerprint density at radius 1 is 0.880 bits per heavy atom. The average Bonchev–Trinajstić information content (AvgIpc) is 3.04. The molecule has 0 radical (unpaired) electrons. The molecule has 0 amide bonds. The molecule has 130 valence electrons. The number of furan rings is 1. The number of benzene rings is 2. The molecule has 6 heteroatoms. The number of nitrogens with one attached hydrogen (secondary N) is 1. The van der Waals surface area contributed by atoms with Gasteiger partial charge in [-0.15, -0.1) is 0 Å².